The fourth-order valence-electron chi connectivity index (χ4n) is 1.80. The van der Waals surface area contributed by atoms with Gasteiger partial charge < -0.3 is 4.74 Å². The summed E-state index contributed by atoms with van der Waals surface area (Å²) < 4.78 is 19.6. The van der Waals surface area contributed by atoms with Crippen LogP contribution in [-0.4, -0.2) is 4.92 Å². The van der Waals surface area contributed by atoms with Gasteiger partial charge in [-0.2, -0.15) is 0 Å². The minimum Gasteiger partial charge on any atom is -0.488 e. The van der Waals surface area contributed by atoms with Crippen molar-refractivity contribution in [2.75, 3.05) is 0 Å². The van der Waals surface area contributed by atoms with E-state index in [1.165, 1.54) is 0 Å². The van der Waals surface area contributed by atoms with Crippen molar-refractivity contribution in [1.29, 1.82) is 0 Å². The SMILES string of the molecule is O=[N+]([O-])c1ccc(F)cc1COc1ccc(Br)cc1CCl. The Kier molecular flexibility index (Phi) is 5.14. The highest BCUT2D eigenvalue weighted by Gasteiger charge is 2.15. The first-order chi connectivity index (χ1) is 10.0. The number of rotatable bonds is 5. The van der Waals surface area contributed by atoms with Gasteiger partial charge in [0, 0.05) is 16.1 Å². The number of hydrogen-bond donors (Lipinski definition) is 0. The Balaban J connectivity index is 2.24. The Labute approximate surface area is 133 Å². The molecule has 0 amide bonds. The Morgan fingerprint density at radius 1 is 1.24 bits per heavy atom. The van der Waals surface area contributed by atoms with Gasteiger partial charge in [0.2, 0.25) is 0 Å². The lowest BCUT2D eigenvalue weighted by Gasteiger charge is -2.10. The Bertz CT molecular complexity index is 681. The first kappa shape index (κ1) is 15.7. The number of halogens is 3. The van der Waals surface area contributed by atoms with Crippen LogP contribution in [-0.2, 0) is 12.5 Å². The molecule has 0 aliphatic carbocycles. The molecule has 2 rings (SSSR count). The van der Waals surface area contributed by atoms with Gasteiger partial charge in [-0.15, -0.1) is 11.6 Å². The maximum absolute atomic E-state index is 13.2. The summed E-state index contributed by atoms with van der Waals surface area (Å²) in [5.74, 6) is 0.194. The van der Waals surface area contributed by atoms with Gasteiger partial charge in [-0.05, 0) is 30.3 Å². The maximum Gasteiger partial charge on any atom is 0.276 e. The van der Waals surface area contributed by atoms with Gasteiger partial charge in [-0.1, -0.05) is 15.9 Å². The highest BCUT2D eigenvalue weighted by atomic mass is 79.9. The molecular formula is C14H10BrClFNO3. The van der Waals surface area contributed by atoms with Crippen LogP contribution in [0, 0.1) is 15.9 Å². The van der Waals surface area contributed by atoms with Crippen LogP contribution in [0.15, 0.2) is 40.9 Å². The Morgan fingerprint density at radius 3 is 2.67 bits per heavy atom. The first-order valence-corrected chi connectivity index (χ1v) is 7.24. The summed E-state index contributed by atoms with van der Waals surface area (Å²) in [6.07, 6.45) is 0. The van der Waals surface area contributed by atoms with Crippen LogP contribution in [0.25, 0.3) is 0 Å². The van der Waals surface area contributed by atoms with E-state index >= 15 is 0 Å². The zero-order valence-corrected chi connectivity index (χ0v) is 13.0. The Hall–Kier alpha value is -1.66. The summed E-state index contributed by atoms with van der Waals surface area (Å²) in [6.45, 7) is -0.112. The third-order valence-electron chi connectivity index (χ3n) is 2.79. The van der Waals surface area contributed by atoms with Crippen LogP contribution in [0.5, 0.6) is 5.75 Å². The van der Waals surface area contributed by atoms with Gasteiger partial charge in [0.15, 0.2) is 0 Å². The van der Waals surface area contributed by atoms with Crippen molar-refractivity contribution in [3.8, 4) is 5.75 Å². The fourth-order valence-corrected chi connectivity index (χ4v) is 2.41. The lowest BCUT2D eigenvalue weighted by molar-refractivity contribution is -0.385. The molecule has 4 nitrogen and oxygen atoms in total. The molecular weight excluding hydrogens is 365 g/mol. The second-order valence-corrected chi connectivity index (χ2v) is 5.39. The minimum atomic E-state index is -0.567. The van der Waals surface area contributed by atoms with Crippen molar-refractivity contribution in [1.82, 2.24) is 0 Å². The molecule has 0 heterocycles. The van der Waals surface area contributed by atoms with Crippen molar-refractivity contribution < 1.29 is 14.1 Å². The second kappa shape index (κ2) is 6.87. The van der Waals surface area contributed by atoms with E-state index in [0.29, 0.717) is 5.75 Å². The molecule has 2 aromatic carbocycles. The lowest BCUT2D eigenvalue weighted by Crippen LogP contribution is -2.02. The summed E-state index contributed by atoms with van der Waals surface area (Å²) in [5, 5.41) is 10.9. The first-order valence-electron chi connectivity index (χ1n) is 5.91. The molecule has 7 heteroatoms. The van der Waals surface area contributed by atoms with Crippen LogP contribution in [0.1, 0.15) is 11.1 Å². The largest absolute Gasteiger partial charge is 0.488 e. The summed E-state index contributed by atoms with van der Waals surface area (Å²) >= 11 is 9.14. The number of nitro benzene ring substituents is 1. The molecule has 0 aliphatic heterocycles. The predicted molar refractivity (Wildman–Crippen MR) is 81.1 cm³/mol. The van der Waals surface area contributed by atoms with Crippen LogP contribution in [0.4, 0.5) is 10.1 Å². The van der Waals surface area contributed by atoms with Crippen molar-refractivity contribution in [2.45, 2.75) is 12.5 Å². The topological polar surface area (TPSA) is 52.4 Å². The zero-order valence-electron chi connectivity index (χ0n) is 10.7. The molecule has 2 aromatic rings. The summed E-state index contributed by atoms with van der Waals surface area (Å²) in [4.78, 5) is 10.3. The number of alkyl halides is 1. The van der Waals surface area contributed by atoms with Gasteiger partial charge in [0.1, 0.15) is 18.2 Å². The standard InChI is InChI=1S/C14H10BrClFNO3/c15-11-1-4-14(9(5-11)7-16)21-8-10-6-12(17)2-3-13(10)18(19)20/h1-6H,7-8H2. The van der Waals surface area contributed by atoms with Crippen LogP contribution >= 0.6 is 27.5 Å². The van der Waals surface area contributed by atoms with Crippen LogP contribution in [0.2, 0.25) is 0 Å². The quantitative estimate of drug-likeness (QED) is 0.428. The smallest absolute Gasteiger partial charge is 0.276 e. The van der Waals surface area contributed by atoms with Crippen molar-refractivity contribution in [2.24, 2.45) is 0 Å². The van der Waals surface area contributed by atoms with Crippen molar-refractivity contribution in [3.05, 3.63) is 67.9 Å². The summed E-state index contributed by atoms with van der Waals surface area (Å²) in [5.41, 5.74) is 0.731. The van der Waals surface area contributed by atoms with E-state index in [1.54, 1.807) is 18.2 Å². The average molecular weight is 375 g/mol. The van der Waals surface area contributed by atoms with Gasteiger partial charge in [0.25, 0.3) is 5.69 Å². The number of nitro groups is 1. The van der Waals surface area contributed by atoms with Crippen LogP contribution < -0.4 is 4.74 Å². The highest BCUT2D eigenvalue weighted by molar-refractivity contribution is 9.10. The lowest BCUT2D eigenvalue weighted by atomic mass is 10.2. The zero-order chi connectivity index (χ0) is 15.4. The average Bonchev–Trinajstić information content (AvgIpc) is 2.45. The van der Waals surface area contributed by atoms with Gasteiger partial charge in [-0.25, -0.2) is 4.39 Å². The van der Waals surface area contributed by atoms with Crippen molar-refractivity contribution >= 4 is 33.2 Å². The van der Waals surface area contributed by atoms with Crippen molar-refractivity contribution in [3.63, 3.8) is 0 Å². The molecule has 21 heavy (non-hydrogen) atoms. The van der Waals surface area contributed by atoms with E-state index in [4.69, 9.17) is 16.3 Å². The Morgan fingerprint density at radius 2 is 2.00 bits per heavy atom. The monoisotopic (exact) mass is 373 g/mol. The molecule has 0 fully saturated rings. The third kappa shape index (κ3) is 3.92. The molecule has 0 aromatic heterocycles. The van der Waals surface area contributed by atoms with Crippen LogP contribution in [0.3, 0.4) is 0 Å². The number of nitrogens with zero attached hydrogens (tertiary/aromatic N) is 1. The molecule has 0 unspecified atom stereocenters. The van der Waals surface area contributed by atoms with E-state index in [0.717, 1.165) is 28.2 Å². The summed E-state index contributed by atoms with van der Waals surface area (Å²) in [6, 6.07) is 8.53. The third-order valence-corrected chi connectivity index (χ3v) is 3.57. The molecule has 0 bridgehead atoms. The highest BCUT2D eigenvalue weighted by Crippen LogP contribution is 2.27. The molecule has 0 radical (unpaired) electrons. The summed E-state index contributed by atoms with van der Waals surface area (Å²) in [7, 11) is 0. The minimum absolute atomic E-state index is 0.112. The second-order valence-electron chi connectivity index (χ2n) is 4.20. The molecule has 0 saturated heterocycles. The van der Waals surface area contributed by atoms with E-state index in [-0.39, 0.29) is 23.7 Å². The molecule has 0 atom stereocenters. The molecule has 110 valence electrons. The maximum atomic E-state index is 13.2. The van der Waals surface area contributed by atoms with Gasteiger partial charge in [0.05, 0.1) is 16.4 Å². The van der Waals surface area contributed by atoms with E-state index in [1.807, 2.05) is 0 Å². The number of hydrogen-bond acceptors (Lipinski definition) is 3. The number of benzene rings is 2. The molecule has 0 saturated carbocycles. The normalized spacial score (nSPS) is 10.4. The van der Waals surface area contributed by atoms with E-state index < -0.39 is 10.7 Å². The fraction of sp³-hybridized carbons (Fsp3) is 0.143. The predicted octanol–water partition coefficient (Wildman–Crippen LogP) is 4.81. The van der Waals surface area contributed by atoms with Gasteiger partial charge >= 0.3 is 0 Å². The van der Waals surface area contributed by atoms with E-state index in [2.05, 4.69) is 15.9 Å². The van der Waals surface area contributed by atoms with E-state index in [9.17, 15) is 14.5 Å². The molecule has 0 N–H and O–H groups in total. The van der Waals surface area contributed by atoms with Gasteiger partial charge in [-0.3, -0.25) is 10.1 Å². The molecule has 0 spiro atoms. The number of ether oxygens (including phenoxy) is 1. The molecule has 0 aliphatic rings.